The van der Waals surface area contributed by atoms with Gasteiger partial charge in [0.1, 0.15) is 0 Å². The predicted molar refractivity (Wildman–Crippen MR) is 232 cm³/mol. The molecular formula is C52H38N2. The van der Waals surface area contributed by atoms with Crippen molar-refractivity contribution in [1.82, 2.24) is 4.57 Å². The number of benzene rings is 8. The van der Waals surface area contributed by atoms with E-state index < -0.39 is 0 Å². The third-order valence-corrected chi connectivity index (χ3v) is 9.98. The van der Waals surface area contributed by atoms with Crippen LogP contribution in [0.3, 0.4) is 0 Å². The molecule has 8 aromatic carbocycles. The molecule has 0 amide bonds. The average Bonchev–Trinajstić information content (AvgIpc) is 3.58. The highest BCUT2D eigenvalue weighted by atomic mass is 15.1. The quantitative estimate of drug-likeness (QED) is 0.137. The molecule has 9 rings (SSSR count). The van der Waals surface area contributed by atoms with E-state index in [-0.39, 0.29) is 0 Å². The number of aromatic nitrogens is 1. The molecule has 2 nitrogen and oxygen atoms in total. The highest BCUT2D eigenvalue weighted by molar-refractivity contribution is 6.10. The second-order valence-electron chi connectivity index (χ2n) is 13.5. The molecule has 0 saturated carbocycles. The number of nitrogens with zero attached hydrogens (tertiary/aromatic N) is 2. The first-order chi connectivity index (χ1) is 26.8. The molecule has 2 heteroatoms. The van der Waals surface area contributed by atoms with Crippen molar-refractivity contribution in [3.8, 4) is 16.8 Å². The van der Waals surface area contributed by atoms with E-state index in [0.717, 1.165) is 22.6 Å². The van der Waals surface area contributed by atoms with Gasteiger partial charge in [0.25, 0.3) is 0 Å². The van der Waals surface area contributed by atoms with Crippen molar-refractivity contribution in [3.05, 3.63) is 229 Å². The minimum atomic E-state index is 1.13. The topological polar surface area (TPSA) is 8.17 Å². The van der Waals surface area contributed by atoms with Crippen LogP contribution in [0.5, 0.6) is 0 Å². The summed E-state index contributed by atoms with van der Waals surface area (Å²) in [5.74, 6) is 0. The number of hydrogen-bond donors (Lipinski definition) is 0. The summed E-state index contributed by atoms with van der Waals surface area (Å²) in [5.41, 5.74) is 14.1. The summed E-state index contributed by atoms with van der Waals surface area (Å²) < 4.78 is 2.35. The standard InChI is InChI=1S/C52H38N2/c1-4-12-45(13-5-1)53(46-14-6-2-7-15-46)48-35-28-41(29-36-48)21-20-39-24-31-43(32-25-39)44-33-26-40(27-34-44)22-23-42-30-37-52-50(38-42)49-18-10-11-19-51(49)54(52)47-16-8-3-9-17-47/h1-38H/b21-20+,23-22+. The number of fused-ring (bicyclic) bond motifs is 3. The van der Waals surface area contributed by atoms with Crippen molar-refractivity contribution in [2.24, 2.45) is 0 Å². The summed E-state index contributed by atoms with van der Waals surface area (Å²) in [6.07, 6.45) is 8.76. The number of hydrogen-bond acceptors (Lipinski definition) is 1. The van der Waals surface area contributed by atoms with Gasteiger partial charge < -0.3 is 9.47 Å². The van der Waals surface area contributed by atoms with E-state index in [0.29, 0.717) is 0 Å². The van der Waals surface area contributed by atoms with E-state index in [2.05, 4.69) is 240 Å². The van der Waals surface area contributed by atoms with Gasteiger partial charge in [0.2, 0.25) is 0 Å². The van der Waals surface area contributed by atoms with Crippen LogP contribution < -0.4 is 4.90 Å². The highest BCUT2D eigenvalue weighted by Crippen LogP contribution is 2.35. The minimum absolute atomic E-state index is 1.13. The van der Waals surface area contributed by atoms with Crippen LogP contribution in [0, 0.1) is 0 Å². The number of para-hydroxylation sites is 4. The summed E-state index contributed by atoms with van der Waals surface area (Å²) >= 11 is 0. The molecule has 0 aliphatic heterocycles. The molecular weight excluding hydrogens is 653 g/mol. The first kappa shape index (κ1) is 32.7. The molecule has 0 fully saturated rings. The Hall–Kier alpha value is -7.16. The molecule has 0 radical (unpaired) electrons. The lowest BCUT2D eigenvalue weighted by Gasteiger charge is -2.25. The largest absolute Gasteiger partial charge is 0.311 e. The molecule has 9 aromatic rings. The van der Waals surface area contributed by atoms with Gasteiger partial charge in [0, 0.05) is 33.5 Å². The summed E-state index contributed by atoms with van der Waals surface area (Å²) in [6, 6.07) is 73.3. The van der Waals surface area contributed by atoms with Crippen molar-refractivity contribution in [3.63, 3.8) is 0 Å². The van der Waals surface area contributed by atoms with Crippen LogP contribution >= 0.6 is 0 Å². The molecule has 0 spiro atoms. The highest BCUT2D eigenvalue weighted by Gasteiger charge is 2.13. The summed E-state index contributed by atoms with van der Waals surface area (Å²) in [7, 11) is 0. The van der Waals surface area contributed by atoms with Gasteiger partial charge in [-0.15, -0.1) is 0 Å². The predicted octanol–water partition coefficient (Wildman–Crippen LogP) is 14.3. The molecule has 0 N–H and O–H groups in total. The molecule has 0 bridgehead atoms. The van der Waals surface area contributed by atoms with Crippen LogP contribution in [0.2, 0.25) is 0 Å². The van der Waals surface area contributed by atoms with E-state index in [1.165, 1.54) is 55.3 Å². The van der Waals surface area contributed by atoms with Crippen LogP contribution in [-0.4, -0.2) is 4.57 Å². The Morgan fingerprint density at radius 3 is 1.28 bits per heavy atom. The Balaban J connectivity index is 0.878. The SMILES string of the molecule is C(=C\c1ccc(N(c2ccccc2)c2ccccc2)cc1)/c1ccc(-c2ccc(/C=C/c3ccc4c(c3)c3ccccc3n4-c3ccccc3)cc2)cc1. The Bertz CT molecular complexity index is 2670. The van der Waals surface area contributed by atoms with Crippen LogP contribution in [0.4, 0.5) is 17.1 Å². The van der Waals surface area contributed by atoms with E-state index in [1.54, 1.807) is 0 Å². The van der Waals surface area contributed by atoms with Gasteiger partial charge >= 0.3 is 0 Å². The number of anilines is 3. The smallest absolute Gasteiger partial charge is 0.0541 e. The van der Waals surface area contributed by atoms with E-state index in [1.807, 2.05) is 0 Å². The van der Waals surface area contributed by atoms with Crippen LogP contribution in [0.25, 0.3) is 62.9 Å². The third kappa shape index (κ3) is 6.77. The summed E-state index contributed by atoms with van der Waals surface area (Å²) in [5, 5.41) is 2.53. The zero-order valence-corrected chi connectivity index (χ0v) is 29.8. The molecule has 0 aliphatic rings. The van der Waals surface area contributed by atoms with E-state index >= 15 is 0 Å². The summed E-state index contributed by atoms with van der Waals surface area (Å²) in [6.45, 7) is 0. The van der Waals surface area contributed by atoms with E-state index in [9.17, 15) is 0 Å². The van der Waals surface area contributed by atoms with Gasteiger partial charge in [-0.3, -0.25) is 0 Å². The first-order valence-corrected chi connectivity index (χ1v) is 18.4. The molecule has 0 saturated heterocycles. The van der Waals surface area contributed by atoms with Gasteiger partial charge in [-0.25, -0.2) is 0 Å². The minimum Gasteiger partial charge on any atom is -0.311 e. The lowest BCUT2D eigenvalue weighted by molar-refractivity contribution is 1.18. The molecule has 1 heterocycles. The van der Waals surface area contributed by atoms with Crippen molar-refractivity contribution in [2.75, 3.05) is 4.90 Å². The molecule has 1 aromatic heterocycles. The average molecular weight is 691 g/mol. The van der Waals surface area contributed by atoms with Gasteiger partial charge in [-0.05, 0) is 100 Å². The van der Waals surface area contributed by atoms with Crippen molar-refractivity contribution in [2.45, 2.75) is 0 Å². The lowest BCUT2D eigenvalue weighted by Crippen LogP contribution is -2.09. The second-order valence-corrected chi connectivity index (χ2v) is 13.5. The Kier molecular flexibility index (Phi) is 8.99. The Morgan fingerprint density at radius 1 is 0.315 bits per heavy atom. The van der Waals surface area contributed by atoms with Gasteiger partial charge in [0.05, 0.1) is 11.0 Å². The molecule has 0 aliphatic carbocycles. The van der Waals surface area contributed by atoms with Crippen LogP contribution in [-0.2, 0) is 0 Å². The maximum absolute atomic E-state index is 2.35. The zero-order valence-electron chi connectivity index (χ0n) is 29.8. The maximum atomic E-state index is 2.35. The van der Waals surface area contributed by atoms with Gasteiger partial charge in [-0.1, -0.05) is 164 Å². The van der Waals surface area contributed by atoms with Crippen LogP contribution in [0.1, 0.15) is 22.3 Å². The molecule has 54 heavy (non-hydrogen) atoms. The van der Waals surface area contributed by atoms with Gasteiger partial charge in [0.15, 0.2) is 0 Å². The monoisotopic (exact) mass is 690 g/mol. The van der Waals surface area contributed by atoms with Crippen LogP contribution in [0.15, 0.2) is 206 Å². The normalized spacial score (nSPS) is 11.6. The molecule has 0 atom stereocenters. The van der Waals surface area contributed by atoms with Gasteiger partial charge in [-0.2, -0.15) is 0 Å². The van der Waals surface area contributed by atoms with Crippen molar-refractivity contribution in [1.29, 1.82) is 0 Å². The lowest BCUT2D eigenvalue weighted by atomic mass is 10.0. The van der Waals surface area contributed by atoms with E-state index in [4.69, 9.17) is 0 Å². The molecule has 0 unspecified atom stereocenters. The van der Waals surface area contributed by atoms with Crippen molar-refractivity contribution < 1.29 is 0 Å². The fourth-order valence-electron chi connectivity index (χ4n) is 7.24. The Morgan fingerprint density at radius 2 is 0.722 bits per heavy atom. The maximum Gasteiger partial charge on any atom is 0.0541 e. The summed E-state index contributed by atoms with van der Waals surface area (Å²) in [4.78, 5) is 2.28. The third-order valence-electron chi connectivity index (χ3n) is 9.98. The molecule has 256 valence electrons. The second kappa shape index (κ2) is 14.8. The first-order valence-electron chi connectivity index (χ1n) is 18.4. The zero-order chi connectivity index (χ0) is 36.1. The van der Waals surface area contributed by atoms with Crippen molar-refractivity contribution >= 4 is 63.2 Å². The fourth-order valence-corrected chi connectivity index (χ4v) is 7.24. The fraction of sp³-hybridized carbons (Fsp3) is 0. The Labute approximate surface area is 316 Å². The number of rotatable bonds is 9.